The van der Waals surface area contributed by atoms with Gasteiger partial charge in [-0.05, 0) is 37.9 Å². The fourth-order valence-corrected chi connectivity index (χ4v) is 1.75. The number of thiol groups is 1. The molecule has 7 heteroatoms. The molecule has 0 saturated carbocycles. The molecule has 0 aliphatic rings. The monoisotopic (exact) mass is 299 g/mol. The van der Waals surface area contributed by atoms with E-state index in [2.05, 4.69) is 29.0 Å². The molecular formula is C13H21N3O3S. The number of hydrogen-bond acceptors (Lipinski definition) is 6. The van der Waals surface area contributed by atoms with Crippen molar-refractivity contribution >= 4 is 24.8 Å². The molecule has 0 bridgehead atoms. The Morgan fingerprint density at radius 1 is 1.35 bits per heavy atom. The molecule has 1 atom stereocenters. The van der Waals surface area contributed by atoms with E-state index < -0.39 is 6.09 Å². The number of amides is 1. The third-order valence-electron chi connectivity index (χ3n) is 2.59. The molecule has 0 spiro atoms. The van der Waals surface area contributed by atoms with Gasteiger partial charge >= 0.3 is 6.09 Å². The third kappa shape index (κ3) is 11.6. The Labute approximate surface area is 125 Å². The summed E-state index contributed by atoms with van der Waals surface area (Å²) in [6.07, 6.45) is 5.00. The number of unbranched alkanes of at least 4 members (excludes halogenated alkanes) is 1. The Balaban J connectivity index is 4.04. The molecule has 0 aromatic heterocycles. The van der Waals surface area contributed by atoms with Gasteiger partial charge in [-0.15, -0.1) is 0 Å². The van der Waals surface area contributed by atoms with Gasteiger partial charge in [-0.25, -0.2) is 14.6 Å². The number of ether oxygens (including phenoxy) is 1. The van der Waals surface area contributed by atoms with Gasteiger partial charge in [-0.1, -0.05) is 0 Å². The number of nitriles is 1. The van der Waals surface area contributed by atoms with Crippen molar-refractivity contribution in [3.8, 4) is 6.07 Å². The van der Waals surface area contributed by atoms with E-state index in [-0.39, 0.29) is 6.04 Å². The van der Waals surface area contributed by atoms with E-state index in [0.29, 0.717) is 51.0 Å². The smallest absolute Gasteiger partial charge is 0.407 e. The first-order chi connectivity index (χ1) is 9.74. The van der Waals surface area contributed by atoms with E-state index >= 15 is 0 Å². The SMILES string of the molecule is N#CCCCC(CCCN=C=O)NC(=O)OCCCS. The van der Waals surface area contributed by atoms with Crippen LogP contribution in [0, 0.1) is 11.3 Å². The minimum Gasteiger partial charge on any atom is -0.450 e. The fourth-order valence-electron chi connectivity index (χ4n) is 1.62. The van der Waals surface area contributed by atoms with Crippen molar-refractivity contribution in [3.63, 3.8) is 0 Å². The van der Waals surface area contributed by atoms with Crippen LogP contribution >= 0.6 is 12.6 Å². The zero-order valence-electron chi connectivity index (χ0n) is 11.5. The molecule has 0 radical (unpaired) electrons. The molecule has 0 fully saturated rings. The Morgan fingerprint density at radius 2 is 2.10 bits per heavy atom. The van der Waals surface area contributed by atoms with Crippen LogP contribution in [0.15, 0.2) is 4.99 Å². The van der Waals surface area contributed by atoms with Crippen LogP contribution in [0.1, 0.15) is 38.5 Å². The average molecular weight is 299 g/mol. The predicted molar refractivity (Wildman–Crippen MR) is 78.4 cm³/mol. The minimum absolute atomic E-state index is 0.0614. The summed E-state index contributed by atoms with van der Waals surface area (Å²) in [5.74, 6) is 0.669. The van der Waals surface area contributed by atoms with Gasteiger partial charge in [0.1, 0.15) is 0 Å². The Morgan fingerprint density at radius 3 is 2.75 bits per heavy atom. The van der Waals surface area contributed by atoms with Gasteiger partial charge < -0.3 is 10.1 Å². The summed E-state index contributed by atoms with van der Waals surface area (Å²) in [4.78, 5) is 25.0. The van der Waals surface area contributed by atoms with Gasteiger partial charge in [0, 0.05) is 12.5 Å². The van der Waals surface area contributed by atoms with Crippen LogP contribution in [0.2, 0.25) is 0 Å². The van der Waals surface area contributed by atoms with Crippen LogP contribution in [0.5, 0.6) is 0 Å². The van der Waals surface area contributed by atoms with E-state index in [1.165, 1.54) is 6.08 Å². The highest BCUT2D eigenvalue weighted by Gasteiger charge is 2.12. The number of carbonyl (C=O) groups is 1. The molecular weight excluding hydrogens is 278 g/mol. The minimum atomic E-state index is -0.451. The molecule has 0 aliphatic carbocycles. The summed E-state index contributed by atoms with van der Waals surface area (Å²) in [5.41, 5.74) is 0. The maximum absolute atomic E-state index is 11.5. The lowest BCUT2D eigenvalue weighted by Gasteiger charge is -2.17. The largest absolute Gasteiger partial charge is 0.450 e. The fraction of sp³-hybridized carbons (Fsp3) is 0.769. The number of nitrogens with one attached hydrogen (secondary N) is 1. The summed E-state index contributed by atoms with van der Waals surface area (Å²) >= 11 is 4.03. The number of rotatable bonds is 11. The van der Waals surface area contributed by atoms with E-state index in [9.17, 15) is 9.59 Å². The van der Waals surface area contributed by atoms with Gasteiger partial charge in [-0.3, -0.25) is 0 Å². The molecule has 20 heavy (non-hydrogen) atoms. The highest BCUT2D eigenvalue weighted by molar-refractivity contribution is 7.80. The van der Waals surface area contributed by atoms with Crippen molar-refractivity contribution in [2.45, 2.75) is 44.6 Å². The van der Waals surface area contributed by atoms with E-state index in [4.69, 9.17) is 10.00 Å². The van der Waals surface area contributed by atoms with Crippen molar-refractivity contribution in [3.05, 3.63) is 0 Å². The van der Waals surface area contributed by atoms with Crippen LogP contribution in [0.25, 0.3) is 0 Å². The van der Waals surface area contributed by atoms with Gasteiger partial charge in [0.05, 0.1) is 19.2 Å². The molecule has 1 amide bonds. The predicted octanol–water partition coefficient (Wildman–Crippen LogP) is 2.21. The van der Waals surface area contributed by atoms with Gasteiger partial charge in [0.15, 0.2) is 0 Å². The first-order valence-electron chi connectivity index (χ1n) is 6.69. The summed E-state index contributed by atoms with van der Waals surface area (Å²) in [6, 6.07) is 2.01. The van der Waals surface area contributed by atoms with E-state index in [0.717, 1.165) is 6.42 Å². The summed E-state index contributed by atoms with van der Waals surface area (Å²) in [5, 5.41) is 11.3. The number of nitrogens with zero attached hydrogens (tertiary/aromatic N) is 2. The van der Waals surface area contributed by atoms with E-state index in [1.54, 1.807) is 0 Å². The van der Waals surface area contributed by atoms with Gasteiger partial charge in [-0.2, -0.15) is 17.9 Å². The second-order valence-corrected chi connectivity index (χ2v) is 4.67. The third-order valence-corrected chi connectivity index (χ3v) is 2.90. The molecule has 1 unspecified atom stereocenters. The molecule has 0 aromatic carbocycles. The average Bonchev–Trinajstić information content (AvgIpc) is 2.44. The molecule has 0 rings (SSSR count). The van der Waals surface area contributed by atoms with Crippen LogP contribution in [0.4, 0.5) is 4.79 Å². The summed E-state index contributed by atoms with van der Waals surface area (Å²) in [6.45, 7) is 0.740. The molecule has 6 nitrogen and oxygen atoms in total. The number of alkyl carbamates (subject to hydrolysis) is 1. The maximum atomic E-state index is 11.5. The molecule has 112 valence electrons. The van der Waals surface area contributed by atoms with Crippen molar-refractivity contribution in [1.29, 1.82) is 5.26 Å². The lowest BCUT2D eigenvalue weighted by Crippen LogP contribution is -2.35. The molecule has 0 aromatic rings. The first kappa shape index (κ1) is 18.5. The Kier molecular flexibility index (Phi) is 12.9. The second-order valence-electron chi connectivity index (χ2n) is 4.22. The van der Waals surface area contributed by atoms with Crippen molar-refractivity contribution in [1.82, 2.24) is 5.32 Å². The number of isocyanates is 1. The van der Waals surface area contributed by atoms with Crippen LogP contribution in [0.3, 0.4) is 0 Å². The molecule has 0 saturated heterocycles. The van der Waals surface area contributed by atoms with Crippen LogP contribution in [-0.2, 0) is 9.53 Å². The molecule has 0 heterocycles. The van der Waals surface area contributed by atoms with Crippen LogP contribution < -0.4 is 5.32 Å². The first-order valence-corrected chi connectivity index (χ1v) is 7.32. The number of aliphatic imine (C=N–C) groups is 1. The molecule has 0 aliphatic heterocycles. The Bertz CT molecular complexity index is 351. The normalized spacial score (nSPS) is 11.0. The van der Waals surface area contributed by atoms with Crippen molar-refractivity contribution in [2.75, 3.05) is 18.9 Å². The number of hydrogen-bond donors (Lipinski definition) is 2. The quantitative estimate of drug-likeness (QED) is 0.265. The summed E-state index contributed by atoms with van der Waals surface area (Å²) < 4.78 is 5.00. The lowest BCUT2D eigenvalue weighted by molar-refractivity contribution is 0.141. The van der Waals surface area contributed by atoms with Crippen molar-refractivity contribution < 1.29 is 14.3 Å². The van der Waals surface area contributed by atoms with Gasteiger partial charge in [0.2, 0.25) is 6.08 Å². The van der Waals surface area contributed by atoms with E-state index in [1.807, 2.05) is 0 Å². The standard InChI is InChI=1S/C13H21N3O3S/c14-7-2-1-5-12(6-3-8-15-11-17)16-13(18)19-9-4-10-20/h12,20H,1-6,8-10H2,(H,16,18). The highest BCUT2D eigenvalue weighted by Crippen LogP contribution is 2.07. The zero-order chi connectivity index (χ0) is 15.1. The maximum Gasteiger partial charge on any atom is 0.407 e. The summed E-state index contributed by atoms with van der Waals surface area (Å²) in [7, 11) is 0. The Hall–Kier alpha value is -1.51. The van der Waals surface area contributed by atoms with Crippen LogP contribution in [-0.4, -0.2) is 37.1 Å². The topological polar surface area (TPSA) is 91.5 Å². The lowest BCUT2D eigenvalue weighted by atomic mass is 10.0. The molecule has 1 N–H and O–H groups in total. The number of carbonyl (C=O) groups excluding carboxylic acids is 2. The second kappa shape index (κ2) is 13.9. The van der Waals surface area contributed by atoms with Crippen molar-refractivity contribution in [2.24, 2.45) is 4.99 Å². The highest BCUT2D eigenvalue weighted by atomic mass is 32.1. The zero-order valence-corrected chi connectivity index (χ0v) is 12.4. The van der Waals surface area contributed by atoms with Gasteiger partial charge in [0.25, 0.3) is 0 Å².